The van der Waals surface area contributed by atoms with Crippen molar-refractivity contribution in [3.8, 4) is 17.3 Å². The molecule has 4 aromatic rings. The molecule has 0 spiro atoms. The van der Waals surface area contributed by atoms with Crippen molar-refractivity contribution < 1.29 is 4.79 Å². The minimum absolute atomic E-state index is 0.218. The number of nitriles is 1. The number of nitrogens with one attached hydrogen (secondary N) is 1. The maximum atomic E-state index is 12.5. The van der Waals surface area contributed by atoms with Gasteiger partial charge in [-0.15, -0.1) is 0 Å². The van der Waals surface area contributed by atoms with Gasteiger partial charge in [-0.25, -0.2) is 0 Å². The Bertz CT molecular complexity index is 1470. The first kappa shape index (κ1) is 24.0. The highest BCUT2D eigenvalue weighted by molar-refractivity contribution is 6.01. The molecular formula is C30H33N5O. The van der Waals surface area contributed by atoms with Crippen LogP contribution in [0.15, 0.2) is 48.7 Å². The Morgan fingerprint density at radius 1 is 1.17 bits per heavy atom. The summed E-state index contributed by atoms with van der Waals surface area (Å²) in [4.78, 5) is 24.6. The van der Waals surface area contributed by atoms with Crippen molar-refractivity contribution in [3.05, 3.63) is 65.4 Å². The van der Waals surface area contributed by atoms with Gasteiger partial charge in [-0.1, -0.05) is 32.0 Å². The van der Waals surface area contributed by atoms with Gasteiger partial charge in [0.2, 0.25) is 5.91 Å². The molecule has 0 bridgehead atoms. The van der Waals surface area contributed by atoms with Gasteiger partial charge in [-0.3, -0.25) is 9.78 Å². The fourth-order valence-corrected chi connectivity index (χ4v) is 5.61. The number of likely N-dealkylation sites (N-methyl/N-ethyl adjacent to an activating group) is 1. The molecule has 2 aromatic heterocycles. The largest absolute Gasteiger partial charge is 0.354 e. The number of likely N-dealkylation sites (tertiary alicyclic amines) is 1. The van der Waals surface area contributed by atoms with Gasteiger partial charge in [0.15, 0.2) is 0 Å². The molecule has 1 saturated heterocycles. The lowest BCUT2D eigenvalue weighted by Crippen LogP contribution is -2.42. The average Bonchev–Trinajstić information content (AvgIpc) is 3.26. The number of fused-ring (bicyclic) bond motifs is 2. The predicted octanol–water partition coefficient (Wildman–Crippen LogP) is 5.65. The zero-order chi connectivity index (χ0) is 25.4. The molecule has 184 valence electrons. The third-order valence-corrected chi connectivity index (χ3v) is 7.37. The van der Waals surface area contributed by atoms with E-state index < -0.39 is 0 Å². The number of nitrogens with zero attached hydrogens (tertiary/aromatic N) is 4. The Morgan fingerprint density at radius 3 is 2.64 bits per heavy atom. The maximum Gasteiger partial charge on any atom is 0.236 e. The van der Waals surface area contributed by atoms with E-state index in [4.69, 9.17) is 0 Å². The van der Waals surface area contributed by atoms with Gasteiger partial charge in [0.25, 0.3) is 0 Å². The van der Waals surface area contributed by atoms with Gasteiger partial charge >= 0.3 is 0 Å². The molecule has 0 aliphatic carbocycles. The third-order valence-electron chi connectivity index (χ3n) is 7.37. The zero-order valence-electron chi connectivity index (χ0n) is 21.5. The SMILES string of the molecule is CC(C)c1c(-c2ccc(C#N)c3ncccc23)[nH]c2ccc(C3CCN(C(=O)CN(C)C)CC3)cc12. The van der Waals surface area contributed by atoms with Crippen molar-refractivity contribution in [3.63, 3.8) is 0 Å². The standard InChI is InChI=1S/C30H33N5O/c1-19(2)28-25-16-21(20-11-14-35(15-12-20)27(36)18-34(3)4)8-10-26(25)33-30(28)24-9-7-22(17-31)29-23(24)6-5-13-32-29/h5-10,13,16,19-20,33H,11-12,14-15,18H2,1-4H3. The molecule has 6 nitrogen and oxygen atoms in total. The van der Waals surface area contributed by atoms with Crippen LogP contribution < -0.4 is 0 Å². The van der Waals surface area contributed by atoms with E-state index in [-0.39, 0.29) is 5.91 Å². The average molecular weight is 480 g/mol. The van der Waals surface area contributed by atoms with Crippen LogP contribution >= 0.6 is 0 Å². The molecule has 0 atom stereocenters. The van der Waals surface area contributed by atoms with Gasteiger partial charge < -0.3 is 14.8 Å². The molecule has 0 saturated carbocycles. The topological polar surface area (TPSA) is 76.0 Å². The molecule has 1 aliphatic heterocycles. The Morgan fingerprint density at radius 2 is 1.94 bits per heavy atom. The number of carbonyl (C=O) groups is 1. The lowest BCUT2D eigenvalue weighted by atomic mass is 9.87. The van der Waals surface area contributed by atoms with E-state index in [2.05, 4.69) is 48.1 Å². The van der Waals surface area contributed by atoms with Crippen LogP contribution in [0.5, 0.6) is 0 Å². The van der Waals surface area contributed by atoms with Crippen LogP contribution in [-0.2, 0) is 4.79 Å². The van der Waals surface area contributed by atoms with Crippen molar-refractivity contribution in [2.24, 2.45) is 0 Å². The molecule has 3 heterocycles. The first-order valence-corrected chi connectivity index (χ1v) is 12.7. The summed E-state index contributed by atoms with van der Waals surface area (Å²) in [5.74, 6) is 0.989. The first-order valence-electron chi connectivity index (χ1n) is 12.7. The van der Waals surface area contributed by atoms with Gasteiger partial charge in [0.05, 0.1) is 23.3 Å². The van der Waals surface area contributed by atoms with E-state index in [1.54, 1.807) is 6.20 Å². The van der Waals surface area contributed by atoms with E-state index >= 15 is 0 Å². The minimum Gasteiger partial charge on any atom is -0.354 e. The number of carbonyl (C=O) groups excluding carboxylic acids is 1. The van der Waals surface area contributed by atoms with E-state index in [9.17, 15) is 10.1 Å². The summed E-state index contributed by atoms with van der Waals surface area (Å²) in [6, 6.07) is 17.0. The Kier molecular flexibility index (Phi) is 6.51. The number of aromatic nitrogens is 2. The monoisotopic (exact) mass is 479 g/mol. The normalized spacial score (nSPS) is 14.8. The molecule has 6 heteroatoms. The van der Waals surface area contributed by atoms with Crippen molar-refractivity contribution >= 4 is 27.7 Å². The molecule has 0 radical (unpaired) electrons. The second-order valence-electron chi connectivity index (χ2n) is 10.4. The minimum atomic E-state index is 0.218. The van der Waals surface area contributed by atoms with Crippen molar-refractivity contribution in [1.82, 2.24) is 19.8 Å². The quantitative estimate of drug-likeness (QED) is 0.402. The molecule has 1 N–H and O–H groups in total. The van der Waals surface area contributed by atoms with E-state index in [1.165, 1.54) is 16.5 Å². The van der Waals surface area contributed by atoms with Crippen LogP contribution in [0.4, 0.5) is 0 Å². The Hall–Kier alpha value is -3.69. The lowest BCUT2D eigenvalue weighted by Gasteiger charge is -2.33. The number of rotatable bonds is 5. The molecular weight excluding hydrogens is 446 g/mol. The molecule has 36 heavy (non-hydrogen) atoms. The van der Waals surface area contributed by atoms with Gasteiger partial charge in [0.1, 0.15) is 6.07 Å². The molecule has 0 unspecified atom stereocenters. The number of piperidine rings is 1. The van der Waals surface area contributed by atoms with Crippen LogP contribution in [-0.4, -0.2) is 59.4 Å². The van der Waals surface area contributed by atoms with E-state index in [1.807, 2.05) is 48.2 Å². The van der Waals surface area contributed by atoms with Crippen LogP contribution in [0.25, 0.3) is 33.1 Å². The highest BCUT2D eigenvalue weighted by Gasteiger charge is 2.25. The zero-order valence-corrected chi connectivity index (χ0v) is 21.5. The summed E-state index contributed by atoms with van der Waals surface area (Å²) in [6.45, 7) is 6.57. The maximum absolute atomic E-state index is 12.5. The predicted molar refractivity (Wildman–Crippen MR) is 145 cm³/mol. The Labute approximate surface area is 212 Å². The van der Waals surface area contributed by atoms with E-state index in [0.29, 0.717) is 23.9 Å². The van der Waals surface area contributed by atoms with Crippen LogP contribution in [0.3, 0.4) is 0 Å². The number of pyridine rings is 1. The van der Waals surface area contributed by atoms with Gasteiger partial charge in [0, 0.05) is 41.1 Å². The van der Waals surface area contributed by atoms with Crippen LogP contribution in [0, 0.1) is 11.3 Å². The fourth-order valence-electron chi connectivity index (χ4n) is 5.61. The smallest absolute Gasteiger partial charge is 0.236 e. The summed E-state index contributed by atoms with van der Waals surface area (Å²) in [7, 11) is 3.88. The summed E-state index contributed by atoms with van der Waals surface area (Å²) < 4.78 is 0. The highest BCUT2D eigenvalue weighted by atomic mass is 16.2. The fraction of sp³-hybridized carbons (Fsp3) is 0.367. The molecule has 1 amide bonds. The Balaban J connectivity index is 1.51. The number of amides is 1. The summed E-state index contributed by atoms with van der Waals surface area (Å²) in [6.07, 6.45) is 3.73. The van der Waals surface area contributed by atoms with Gasteiger partial charge in [-0.05, 0) is 74.2 Å². The van der Waals surface area contributed by atoms with Gasteiger partial charge in [-0.2, -0.15) is 5.26 Å². The number of H-pyrrole nitrogens is 1. The highest BCUT2D eigenvalue weighted by Crippen LogP contribution is 2.40. The third kappa shape index (κ3) is 4.36. The summed E-state index contributed by atoms with van der Waals surface area (Å²) >= 11 is 0. The second kappa shape index (κ2) is 9.75. The number of aromatic amines is 1. The lowest BCUT2D eigenvalue weighted by molar-refractivity contribution is -0.132. The van der Waals surface area contributed by atoms with E-state index in [0.717, 1.165) is 53.6 Å². The summed E-state index contributed by atoms with van der Waals surface area (Å²) in [5, 5.41) is 11.8. The van der Waals surface area contributed by atoms with Crippen molar-refractivity contribution in [2.45, 2.75) is 38.5 Å². The van der Waals surface area contributed by atoms with Crippen LogP contribution in [0.1, 0.15) is 55.2 Å². The van der Waals surface area contributed by atoms with Crippen molar-refractivity contribution in [1.29, 1.82) is 5.26 Å². The second-order valence-corrected chi connectivity index (χ2v) is 10.4. The number of hydrogen-bond acceptors (Lipinski definition) is 4. The number of hydrogen-bond donors (Lipinski definition) is 1. The molecule has 1 aliphatic rings. The van der Waals surface area contributed by atoms with Crippen molar-refractivity contribution in [2.75, 3.05) is 33.7 Å². The molecule has 5 rings (SSSR count). The molecule has 1 fully saturated rings. The molecule has 2 aromatic carbocycles. The first-order chi connectivity index (χ1) is 17.4. The van der Waals surface area contributed by atoms with Crippen LogP contribution in [0.2, 0.25) is 0 Å². The summed E-state index contributed by atoms with van der Waals surface area (Å²) in [5.41, 5.74) is 7.27. The number of benzene rings is 2.